The number of carbonyl (C=O) groups is 2. The van der Waals surface area contributed by atoms with Gasteiger partial charge in [-0.15, -0.1) is 0 Å². The molecule has 8 heteroatoms. The van der Waals surface area contributed by atoms with E-state index in [2.05, 4.69) is 10.6 Å². The van der Waals surface area contributed by atoms with Gasteiger partial charge in [-0.3, -0.25) is 9.59 Å². The summed E-state index contributed by atoms with van der Waals surface area (Å²) in [6.07, 6.45) is 0. The fourth-order valence-electron chi connectivity index (χ4n) is 2.56. The number of fused-ring (bicyclic) bond motifs is 1. The van der Waals surface area contributed by atoms with Crippen LogP contribution >= 0.6 is 0 Å². The molecule has 0 saturated heterocycles. The van der Waals surface area contributed by atoms with Crippen LogP contribution in [0.25, 0.3) is 11.0 Å². The Morgan fingerprint density at radius 3 is 2.59 bits per heavy atom. The summed E-state index contributed by atoms with van der Waals surface area (Å²) in [6.45, 7) is 1.36. The second-order valence-corrected chi connectivity index (χ2v) is 5.78. The molecule has 0 aliphatic rings. The van der Waals surface area contributed by atoms with Gasteiger partial charge in [0.2, 0.25) is 5.91 Å². The first-order valence-electron chi connectivity index (χ1n) is 7.99. The number of amides is 2. The summed E-state index contributed by atoms with van der Waals surface area (Å²) in [7, 11) is 1.54. The lowest BCUT2D eigenvalue weighted by atomic mass is 10.1. The number of furan rings is 1. The predicted molar refractivity (Wildman–Crippen MR) is 94.8 cm³/mol. The fraction of sp³-hybridized carbons (Fsp3) is 0.158. The molecule has 0 unspecified atom stereocenters. The quantitative estimate of drug-likeness (QED) is 0.717. The Hall–Kier alpha value is -3.42. The molecule has 3 rings (SSSR count). The lowest BCUT2D eigenvalue weighted by molar-refractivity contribution is -0.115. The normalized spacial score (nSPS) is 10.7. The van der Waals surface area contributed by atoms with Crippen LogP contribution in [0.1, 0.15) is 16.1 Å². The zero-order chi connectivity index (χ0) is 19.6. The average molecular weight is 374 g/mol. The summed E-state index contributed by atoms with van der Waals surface area (Å²) in [4.78, 5) is 24.2. The molecule has 1 heterocycles. The molecular formula is C19H16F2N2O4. The van der Waals surface area contributed by atoms with Crippen LogP contribution in [0.5, 0.6) is 5.75 Å². The minimum absolute atomic E-state index is 0.0823. The molecule has 0 fully saturated rings. The van der Waals surface area contributed by atoms with E-state index in [-0.39, 0.29) is 18.0 Å². The number of aryl methyl sites for hydroxylation is 1. The molecule has 0 bridgehead atoms. The van der Waals surface area contributed by atoms with Crippen molar-refractivity contribution in [2.75, 3.05) is 19.0 Å². The maximum atomic E-state index is 13.1. The van der Waals surface area contributed by atoms with Crippen LogP contribution in [-0.4, -0.2) is 25.5 Å². The molecule has 0 aliphatic carbocycles. The Balaban J connectivity index is 1.66. The highest BCUT2D eigenvalue weighted by molar-refractivity contribution is 6.01. The second kappa shape index (κ2) is 7.45. The molecule has 0 spiro atoms. The number of rotatable bonds is 5. The van der Waals surface area contributed by atoms with Crippen molar-refractivity contribution in [3.05, 3.63) is 59.4 Å². The van der Waals surface area contributed by atoms with Gasteiger partial charge in [0.1, 0.15) is 11.3 Å². The average Bonchev–Trinajstić information content (AvgIpc) is 2.99. The molecule has 2 N–H and O–H groups in total. The van der Waals surface area contributed by atoms with E-state index in [0.717, 1.165) is 17.5 Å². The number of hydrogen-bond acceptors (Lipinski definition) is 4. The lowest BCUT2D eigenvalue weighted by Gasteiger charge is -2.06. The van der Waals surface area contributed by atoms with E-state index in [1.165, 1.54) is 13.2 Å². The topological polar surface area (TPSA) is 80.6 Å². The number of carbonyl (C=O) groups excluding carboxylic acids is 2. The van der Waals surface area contributed by atoms with Gasteiger partial charge in [0.05, 0.1) is 13.7 Å². The number of hydrogen-bond donors (Lipinski definition) is 2. The Bertz CT molecular complexity index is 1030. The monoisotopic (exact) mass is 374 g/mol. The first-order chi connectivity index (χ1) is 12.9. The summed E-state index contributed by atoms with van der Waals surface area (Å²) in [5.41, 5.74) is 1.22. The van der Waals surface area contributed by atoms with Gasteiger partial charge in [-0.25, -0.2) is 8.78 Å². The van der Waals surface area contributed by atoms with Crippen LogP contribution in [-0.2, 0) is 4.79 Å². The van der Waals surface area contributed by atoms with E-state index >= 15 is 0 Å². The predicted octanol–water partition coefficient (Wildman–Crippen LogP) is 3.40. The van der Waals surface area contributed by atoms with Gasteiger partial charge < -0.3 is 19.8 Å². The van der Waals surface area contributed by atoms with Gasteiger partial charge in [0.15, 0.2) is 17.4 Å². The molecule has 0 aliphatic heterocycles. The Morgan fingerprint density at radius 2 is 1.89 bits per heavy atom. The molecule has 0 radical (unpaired) electrons. The molecule has 0 saturated carbocycles. The number of halogens is 2. The van der Waals surface area contributed by atoms with Crippen molar-refractivity contribution in [1.82, 2.24) is 5.32 Å². The van der Waals surface area contributed by atoms with E-state index in [1.54, 1.807) is 25.1 Å². The van der Waals surface area contributed by atoms with Crippen molar-refractivity contribution in [3.63, 3.8) is 0 Å². The molecule has 6 nitrogen and oxygen atoms in total. The van der Waals surface area contributed by atoms with Crippen LogP contribution in [0, 0.1) is 18.6 Å². The van der Waals surface area contributed by atoms with Crippen LogP contribution in [0.2, 0.25) is 0 Å². The summed E-state index contributed by atoms with van der Waals surface area (Å²) < 4.78 is 36.7. The second-order valence-electron chi connectivity index (χ2n) is 5.78. The highest BCUT2D eigenvalue weighted by Gasteiger charge is 2.18. The zero-order valence-corrected chi connectivity index (χ0v) is 14.6. The third-order valence-corrected chi connectivity index (χ3v) is 3.96. The van der Waals surface area contributed by atoms with Gasteiger partial charge in [0, 0.05) is 22.7 Å². The number of ether oxygens (including phenoxy) is 1. The SMILES string of the molecule is COc1ccc2oc(C(=O)NCC(=O)Nc3ccc(F)c(F)c3)c(C)c2c1. The van der Waals surface area contributed by atoms with Crippen LogP contribution in [0.15, 0.2) is 40.8 Å². The van der Waals surface area contributed by atoms with Crippen molar-refractivity contribution in [1.29, 1.82) is 0 Å². The van der Waals surface area contributed by atoms with Crippen LogP contribution < -0.4 is 15.4 Å². The lowest BCUT2D eigenvalue weighted by Crippen LogP contribution is -2.33. The van der Waals surface area contributed by atoms with E-state index in [4.69, 9.17) is 9.15 Å². The van der Waals surface area contributed by atoms with Gasteiger partial charge in [-0.2, -0.15) is 0 Å². The van der Waals surface area contributed by atoms with Gasteiger partial charge >= 0.3 is 0 Å². The fourth-order valence-corrected chi connectivity index (χ4v) is 2.56. The number of anilines is 1. The first kappa shape index (κ1) is 18.4. The third-order valence-electron chi connectivity index (χ3n) is 3.96. The van der Waals surface area contributed by atoms with Crippen LogP contribution in [0.4, 0.5) is 14.5 Å². The highest BCUT2D eigenvalue weighted by Crippen LogP contribution is 2.28. The molecule has 0 atom stereocenters. The molecule has 140 valence electrons. The van der Waals surface area contributed by atoms with E-state index in [1.807, 2.05) is 0 Å². The third kappa shape index (κ3) is 3.89. The minimum atomic E-state index is -1.08. The Morgan fingerprint density at radius 1 is 1.11 bits per heavy atom. The van der Waals surface area contributed by atoms with Crippen molar-refractivity contribution in [2.24, 2.45) is 0 Å². The number of methoxy groups -OCH3 is 1. The van der Waals surface area contributed by atoms with Gasteiger partial charge in [0.25, 0.3) is 5.91 Å². The van der Waals surface area contributed by atoms with Crippen LogP contribution in [0.3, 0.4) is 0 Å². The maximum absolute atomic E-state index is 13.1. The smallest absolute Gasteiger partial charge is 0.287 e. The molecule has 27 heavy (non-hydrogen) atoms. The Kier molecular flexibility index (Phi) is 5.07. The first-order valence-corrected chi connectivity index (χ1v) is 7.99. The molecule has 3 aromatic rings. The van der Waals surface area contributed by atoms with E-state index in [9.17, 15) is 18.4 Å². The zero-order valence-electron chi connectivity index (χ0n) is 14.6. The summed E-state index contributed by atoms with van der Waals surface area (Å²) in [5.74, 6) is -2.54. The highest BCUT2D eigenvalue weighted by atomic mass is 19.2. The molecular weight excluding hydrogens is 358 g/mol. The van der Waals surface area contributed by atoms with Gasteiger partial charge in [-0.1, -0.05) is 0 Å². The van der Waals surface area contributed by atoms with Crippen molar-refractivity contribution >= 4 is 28.5 Å². The van der Waals surface area contributed by atoms with Gasteiger partial charge in [-0.05, 0) is 37.3 Å². The van der Waals surface area contributed by atoms with Crippen molar-refractivity contribution in [2.45, 2.75) is 6.92 Å². The summed E-state index contributed by atoms with van der Waals surface area (Å²) in [6, 6.07) is 8.12. The van der Waals surface area contributed by atoms with Crippen molar-refractivity contribution in [3.8, 4) is 5.75 Å². The number of benzene rings is 2. The summed E-state index contributed by atoms with van der Waals surface area (Å²) in [5, 5.41) is 5.52. The largest absolute Gasteiger partial charge is 0.497 e. The van der Waals surface area contributed by atoms with Crippen molar-refractivity contribution < 1.29 is 27.5 Å². The van der Waals surface area contributed by atoms with E-state index in [0.29, 0.717) is 16.9 Å². The van der Waals surface area contributed by atoms with E-state index < -0.39 is 23.4 Å². The summed E-state index contributed by atoms with van der Waals surface area (Å²) >= 11 is 0. The maximum Gasteiger partial charge on any atom is 0.287 e. The molecule has 1 aromatic heterocycles. The Labute approximate surface area is 153 Å². The molecule has 2 aromatic carbocycles. The molecule has 2 amide bonds. The number of nitrogens with one attached hydrogen (secondary N) is 2. The standard InChI is InChI=1S/C19H16F2N2O4/c1-10-13-8-12(26-2)4-6-16(13)27-18(10)19(25)22-9-17(24)23-11-3-5-14(20)15(21)7-11/h3-8H,9H2,1-2H3,(H,22,25)(H,23,24). The minimum Gasteiger partial charge on any atom is -0.497 e.